The summed E-state index contributed by atoms with van der Waals surface area (Å²) in [6, 6.07) is 12.9. The molecule has 1 fully saturated rings. The fourth-order valence-corrected chi connectivity index (χ4v) is 4.93. The quantitative estimate of drug-likeness (QED) is 0.396. The van der Waals surface area contributed by atoms with E-state index in [1.165, 1.54) is 4.57 Å². The predicted molar refractivity (Wildman–Crippen MR) is 137 cm³/mol. The highest BCUT2D eigenvalue weighted by Gasteiger charge is 2.24. The lowest BCUT2D eigenvalue weighted by Gasteiger charge is -2.21. The van der Waals surface area contributed by atoms with Gasteiger partial charge in [-0.1, -0.05) is 23.7 Å². The van der Waals surface area contributed by atoms with E-state index in [2.05, 4.69) is 25.8 Å². The fourth-order valence-electron chi connectivity index (χ4n) is 3.93. The third-order valence-corrected chi connectivity index (χ3v) is 6.97. The molecule has 9 nitrogen and oxygen atoms in total. The van der Waals surface area contributed by atoms with Gasteiger partial charge in [-0.2, -0.15) is 0 Å². The Balaban J connectivity index is 1.47. The second kappa shape index (κ2) is 10.1. The number of anilines is 3. The molecular formula is C24H23ClN6O3S. The third-order valence-electron chi connectivity index (χ3n) is 5.79. The van der Waals surface area contributed by atoms with Crippen molar-refractivity contribution < 1.29 is 9.53 Å². The first kappa shape index (κ1) is 23.4. The van der Waals surface area contributed by atoms with Crippen LogP contribution in [0.4, 0.5) is 17.5 Å². The van der Waals surface area contributed by atoms with Gasteiger partial charge in [-0.15, -0.1) is 21.5 Å². The van der Waals surface area contributed by atoms with E-state index in [0.717, 1.165) is 26.5 Å². The highest BCUT2D eigenvalue weighted by molar-refractivity contribution is 7.18. The molecule has 0 spiro atoms. The van der Waals surface area contributed by atoms with Crippen molar-refractivity contribution in [2.24, 2.45) is 5.92 Å². The van der Waals surface area contributed by atoms with E-state index in [4.69, 9.17) is 16.3 Å². The number of amides is 1. The molecule has 4 aromatic rings. The summed E-state index contributed by atoms with van der Waals surface area (Å²) in [7, 11) is 0. The van der Waals surface area contributed by atoms with Crippen LogP contribution in [0.2, 0.25) is 5.02 Å². The van der Waals surface area contributed by atoms with Crippen molar-refractivity contribution in [3.05, 3.63) is 68.4 Å². The Morgan fingerprint density at radius 2 is 1.94 bits per heavy atom. The summed E-state index contributed by atoms with van der Waals surface area (Å²) in [5, 5.41) is 15.8. The largest absolute Gasteiger partial charge is 0.381 e. The molecule has 1 aliphatic heterocycles. The van der Waals surface area contributed by atoms with Crippen LogP contribution in [0.5, 0.6) is 0 Å². The zero-order valence-corrected chi connectivity index (χ0v) is 20.5. The average molecular weight is 511 g/mol. The summed E-state index contributed by atoms with van der Waals surface area (Å²) in [4.78, 5) is 30.6. The standard InChI is InChI=1S/C24H23ClN6O3S/c1-14-26-19-7-6-18(12-20(19)35-14)27-24-30-29-21(28-22(32)16-8-10-34-11-9-16)23(33)31(24)13-15-2-4-17(25)5-3-15/h2-7,12,16H,8-11,13H2,1H3,(H,27,30)(H,28,29,32). The fraction of sp³-hybridized carbons (Fsp3) is 0.292. The van der Waals surface area contributed by atoms with Gasteiger partial charge in [-0.05, 0) is 55.7 Å². The highest BCUT2D eigenvalue weighted by Crippen LogP contribution is 2.26. The van der Waals surface area contributed by atoms with Gasteiger partial charge in [0, 0.05) is 29.8 Å². The molecule has 5 rings (SSSR count). The normalized spacial score (nSPS) is 14.2. The molecule has 0 saturated carbocycles. The van der Waals surface area contributed by atoms with Crippen molar-refractivity contribution in [1.29, 1.82) is 0 Å². The number of thiazole rings is 1. The van der Waals surface area contributed by atoms with Crippen LogP contribution in [0.25, 0.3) is 10.2 Å². The number of carbonyl (C=O) groups excluding carboxylic acids is 1. The summed E-state index contributed by atoms with van der Waals surface area (Å²) < 4.78 is 7.80. The zero-order valence-electron chi connectivity index (χ0n) is 19.0. The van der Waals surface area contributed by atoms with E-state index in [1.807, 2.05) is 37.3 Å². The maximum absolute atomic E-state index is 13.4. The maximum Gasteiger partial charge on any atom is 0.298 e. The van der Waals surface area contributed by atoms with Crippen LogP contribution in [0.1, 0.15) is 23.4 Å². The van der Waals surface area contributed by atoms with Crippen molar-refractivity contribution in [3.8, 4) is 0 Å². The molecular weight excluding hydrogens is 488 g/mol. The van der Waals surface area contributed by atoms with Crippen molar-refractivity contribution >= 4 is 56.5 Å². The van der Waals surface area contributed by atoms with Gasteiger partial charge in [0.15, 0.2) is 0 Å². The number of hydrogen-bond acceptors (Lipinski definition) is 8. The van der Waals surface area contributed by atoms with Crippen LogP contribution in [0.3, 0.4) is 0 Å². The summed E-state index contributed by atoms with van der Waals surface area (Å²) in [6.07, 6.45) is 1.22. The number of ether oxygens (including phenoxy) is 1. The van der Waals surface area contributed by atoms with Crippen LogP contribution < -0.4 is 16.2 Å². The number of nitrogens with zero attached hydrogens (tertiary/aromatic N) is 4. The molecule has 0 radical (unpaired) electrons. The van der Waals surface area contributed by atoms with Crippen LogP contribution in [0, 0.1) is 12.8 Å². The molecule has 0 unspecified atom stereocenters. The number of rotatable bonds is 6. The monoisotopic (exact) mass is 510 g/mol. The smallest absolute Gasteiger partial charge is 0.298 e. The Labute approximate surface area is 210 Å². The number of carbonyl (C=O) groups is 1. The summed E-state index contributed by atoms with van der Waals surface area (Å²) in [5.74, 6) is -0.310. The molecule has 0 bridgehead atoms. The Kier molecular flexibility index (Phi) is 6.76. The van der Waals surface area contributed by atoms with Gasteiger partial charge >= 0.3 is 0 Å². The van der Waals surface area contributed by atoms with Crippen LogP contribution in [-0.4, -0.2) is 38.9 Å². The first-order chi connectivity index (χ1) is 17.0. The lowest BCUT2D eigenvalue weighted by atomic mass is 9.99. The molecule has 2 N–H and O–H groups in total. The van der Waals surface area contributed by atoms with Crippen molar-refractivity contribution in [3.63, 3.8) is 0 Å². The van der Waals surface area contributed by atoms with Gasteiger partial charge in [-0.3, -0.25) is 14.2 Å². The number of hydrogen-bond donors (Lipinski definition) is 2. The number of aromatic nitrogens is 4. The second-order valence-corrected chi connectivity index (χ2v) is 9.98. The number of aryl methyl sites for hydroxylation is 1. The summed E-state index contributed by atoms with van der Waals surface area (Å²) in [5.41, 5.74) is 2.06. The van der Waals surface area contributed by atoms with Crippen molar-refractivity contribution in [1.82, 2.24) is 19.7 Å². The molecule has 11 heteroatoms. The number of halogens is 1. The summed E-state index contributed by atoms with van der Waals surface area (Å²) >= 11 is 7.61. The highest BCUT2D eigenvalue weighted by atomic mass is 35.5. The Morgan fingerprint density at radius 3 is 2.71 bits per heavy atom. The molecule has 2 aromatic heterocycles. The van der Waals surface area contributed by atoms with E-state index >= 15 is 0 Å². The number of benzene rings is 2. The molecule has 2 aromatic carbocycles. The second-order valence-electron chi connectivity index (χ2n) is 8.31. The van der Waals surface area contributed by atoms with Gasteiger partial charge in [-0.25, -0.2) is 4.98 Å². The van der Waals surface area contributed by atoms with Gasteiger partial charge in [0.1, 0.15) is 0 Å². The minimum atomic E-state index is -0.451. The third kappa shape index (κ3) is 5.34. The molecule has 1 aliphatic rings. The maximum atomic E-state index is 13.4. The molecule has 1 amide bonds. The lowest BCUT2D eigenvalue weighted by Crippen LogP contribution is -2.34. The van der Waals surface area contributed by atoms with E-state index in [-0.39, 0.29) is 30.1 Å². The molecule has 1 saturated heterocycles. The predicted octanol–water partition coefficient (Wildman–Crippen LogP) is 4.37. The summed E-state index contributed by atoms with van der Waals surface area (Å²) in [6.45, 7) is 3.23. The van der Waals surface area contributed by atoms with E-state index < -0.39 is 5.56 Å². The van der Waals surface area contributed by atoms with E-state index in [1.54, 1.807) is 23.5 Å². The van der Waals surface area contributed by atoms with Gasteiger partial charge in [0.25, 0.3) is 5.56 Å². The van der Waals surface area contributed by atoms with Gasteiger partial charge < -0.3 is 15.4 Å². The molecule has 0 atom stereocenters. The Morgan fingerprint density at radius 1 is 1.17 bits per heavy atom. The van der Waals surface area contributed by atoms with Crippen LogP contribution in [0.15, 0.2) is 47.3 Å². The first-order valence-electron chi connectivity index (χ1n) is 11.2. The van der Waals surface area contributed by atoms with E-state index in [9.17, 15) is 9.59 Å². The van der Waals surface area contributed by atoms with Crippen LogP contribution in [-0.2, 0) is 16.1 Å². The van der Waals surface area contributed by atoms with Gasteiger partial charge in [0.05, 0.1) is 21.8 Å². The lowest BCUT2D eigenvalue weighted by molar-refractivity contribution is -0.122. The Hall–Kier alpha value is -3.34. The first-order valence-corrected chi connectivity index (χ1v) is 12.4. The Bertz CT molecular complexity index is 1430. The van der Waals surface area contributed by atoms with Crippen LogP contribution >= 0.6 is 22.9 Å². The minimum Gasteiger partial charge on any atom is -0.381 e. The molecule has 35 heavy (non-hydrogen) atoms. The van der Waals surface area contributed by atoms with Crippen molar-refractivity contribution in [2.45, 2.75) is 26.3 Å². The number of nitrogens with one attached hydrogen (secondary N) is 2. The minimum absolute atomic E-state index is 0.102. The number of fused-ring (bicyclic) bond motifs is 1. The topological polar surface area (TPSA) is 111 Å². The SMILES string of the molecule is Cc1nc2ccc(Nc3nnc(NC(=O)C4CCOCC4)c(=O)n3Cc3ccc(Cl)cc3)cc2s1. The average Bonchev–Trinajstić information content (AvgIpc) is 3.24. The van der Waals surface area contributed by atoms with Gasteiger partial charge in [0.2, 0.25) is 17.7 Å². The van der Waals surface area contributed by atoms with Crippen molar-refractivity contribution in [2.75, 3.05) is 23.8 Å². The molecule has 3 heterocycles. The zero-order chi connectivity index (χ0) is 24.4. The molecule has 0 aliphatic carbocycles. The molecule has 180 valence electrons. The van der Waals surface area contributed by atoms with E-state index in [0.29, 0.717) is 31.1 Å².